The molecule has 0 bridgehead atoms. The van der Waals surface area contributed by atoms with Crippen molar-refractivity contribution in [1.82, 2.24) is 5.32 Å². The molecule has 3 unspecified atom stereocenters. The van der Waals surface area contributed by atoms with E-state index >= 15 is 0 Å². The van der Waals surface area contributed by atoms with Gasteiger partial charge in [-0.3, -0.25) is 14.3 Å². The predicted octanol–water partition coefficient (Wildman–Crippen LogP) is 0.899. The standard InChI is InChI=1S/C12H13F2NO3S/c1-18-12(16)11-6-19(17)5-10(15-11)8-3-2-7(13)4-9(8)14/h2-4,10-11,15H,5-6H2,1H3. The van der Waals surface area contributed by atoms with Crippen molar-refractivity contribution in [1.29, 1.82) is 0 Å². The van der Waals surface area contributed by atoms with Crippen molar-refractivity contribution >= 4 is 16.8 Å². The first kappa shape index (κ1) is 14.1. The fourth-order valence-electron chi connectivity index (χ4n) is 2.02. The van der Waals surface area contributed by atoms with Gasteiger partial charge in [0.15, 0.2) is 0 Å². The summed E-state index contributed by atoms with van der Waals surface area (Å²) in [5.41, 5.74) is 0.198. The molecule has 0 amide bonds. The molecular weight excluding hydrogens is 276 g/mol. The number of ether oxygens (including phenoxy) is 1. The van der Waals surface area contributed by atoms with Gasteiger partial charge in [-0.05, 0) is 6.07 Å². The van der Waals surface area contributed by atoms with Gasteiger partial charge in [0.25, 0.3) is 0 Å². The lowest BCUT2D eigenvalue weighted by molar-refractivity contribution is -0.142. The lowest BCUT2D eigenvalue weighted by Gasteiger charge is -2.29. The molecule has 0 radical (unpaired) electrons. The van der Waals surface area contributed by atoms with Gasteiger partial charge in [-0.1, -0.05) is 6.07 Å². The summed E-state index contributed by atoms with van der Waals surface area (Å²) >= 11 is 0. The molecule has 19 heavy (non-hydrogen) atoms. The van der Waals surface area contributed by atoms with Crippen molar-refractivity contribution < 1.29 is 22.5 Å². The van der Waals surface area contributed by atoms with Crippen LogP contribution in [-0.2, 0) is 20.3 Å². The van der Waals surface area contributed by atoms with Crippen molar-refractivity contribution in [3.05, 3.63) is 35.4 Å². The fraction of sp³-hybridized carbons (Fsp3) is 0.417. The van der Waals surface area contributed by atoms with E-state index in [0.717, 1.165) is 12.1 Å². The molecule has 0 saturated carbocycles. The van der Waals surface area contributed by atoms with E-state index in [-0.39, 0.29) is 17.1 Å². The molecule has 0 aromatic heterocycles. The summed E-state index contributed by atoms with van der Waals surface area (Å²) in [5, 5.41) is 2.88. The molecule has 1 heterocycles. The van der Waals surface area contributed by atoms with Crippen molar-refractivity contribution in [2.75, 3.05) is 18.6 Å². The molecule has 7 heteroatoms. The third-order valence-corrected chi connectivity index (χ3v) is 4.34. The Bertz CT molecular complexity index is 524. The molecule has 2 rings (SSSR count). The van der Waals surface area contributed by atoms with Crippen LogP contribution in [0.15, 0.2) is 18.2 Å². The average molecular weight is 289 g/mol. The highest BCUT2D eigenvalue weighted by Crippen LogP contribution is 2.23. The maximum atomic E-state index is 13.7. The molecule has 4 nitrogen and oxygen atoms in total. The van der Waals surface area contributed by atoms with Crippen LogP contribution in [0.3, 0.4) is 0 Å². The Hall–Kier alpha value is -1.34. The number of rotatable bonds is 2. The van der Waals surface area contributed by atoms with Gasteiger partial charge >= 0.3 is 5.97 Å². The van der Waals surface area contributed by atoms with Crippen LogP contribution < -0.4 is 5.32 Å². The number of esters is 1. The number of hydrogen-bond acceptors (Lipinski definition) is 4. The summed E-state index contributed by atoms with van der Waals surface area (Å²) in [6, 6.07) is 1.85. The summed E-state index contributed by atoms with van der Waals surface area (Å²) in [6.45, 7) is 0. The minimum absolute atomic E-state index is 0.131. The van der Waals surface area contributed by atoms with Gasteiger partial charge in [0.2, 0.25) is 0 Å². The van der Waals surface area contributed by atoms with Gasteiger partial charge < -0.3 is 4.74 Å². The van der Waals surface area contributed by atoms with Gasteiger partial charge in [0.05, 0.1) is 7.11 Å². The summed E-state index contributed by atoms with van der Waals surface area (Å²) in [6.07, 6.45) is 0. The van der Waals surface area contributed by atoms with Crippen LogP contribution in [0.5, 0.6) is 0 Å². The second kappa shape index (κ2) is 5.75. The minimum atomic E-state index is -1.26. The lowest BCUT2D eigenvalue weighted by atomic mass is 10.1. The predicted molar refractivity (Wildman–Crippen MR) is 65.9 cm³/mol. The average Bonchev–Trinajstić information content (AvgIpc) is 2.37. The zero-order chi connectivity index (χ0) is 14.0. The highest BCUT2D eigenvalue weighted by atomic mass is 32.2. The van der Waals surface area contributed by atoms with E-state index in [9.17, 15) is 17.8 Å². The zero-order valence-corrected chi connectivity index (χ0v) is 11.0. The third-order valence-electron chi connectivity index (χ3n) is 2.93. The van der Waals surface area contributed by atoms with E-state index in [1.54, 1.807) is 0 Å². The molecule has 1 N–H and O–H groups in total. The zero-order valence-electron chi connectivity index (χ0n) is 10.2. The number of benzene rings is 1. The quantitative estimate of drug-likeness (QED) is 0.822. The van der Waals surface area contributed by atoms with E-state index in [2.05, 4.69) is 10.1 Å². The minimum Gasteiger partial charge on any atom is -0.468 e. The SMILES string of the molecule is COC(=O)C1CS(=O)CC(c2ccc(F)cc2F)N1. The number of carbonyl (C=O) groups excluding carboxylic acids is 1. The molecule has 1 aromatic carbocycles. The highest BCUT2D eigenvalue weighted by molar-refractivity contribution is 7.85. The second-order valence-electron chi connectivity index (χ2n) is 4.23. The molecule has 3 atom stereocenters. The van der Waals surface area contributed by atoms with Crippen LogP contribution in [0.25, 0.3) is 0 Å². The van der Waals surface area contributed by atoms with Crippen LogP contribution >= 0.6 is 0 Å². The molecule has 1 saturated heterocycles. The highest BCUT2D eigenvalue weighted by Gasteiger charge is 2.33. The summed E-state index contributed by atoms with van der Waals surface area (Å²) in [5.74, 6) is -1.63. The van der Waals surface area contributed by atoms with Gasteiger partial charge in [0, 0.05) is 40.0 Å². The maximum Gasteiger partial charge on any atom is 0.323 e. The van der Waals surface area contributed by atoms with Crippen LogP contribution in [0.1, 0.15) is 11.6 Å². The number of hydrogen-bond donors (Lipinski definition) is 1. The van der Waals surface area contributed by atoms with E-state index in [1.807, 2.05) is 0 Å². The Morgan fingerprint density at radius 1 is 1.42 bits per heavy atom. The second-order valence-corrected chi connectivity index (χ2v) is 5.78. The van der Waals surface area contributed by atoms with Crippen LogP contribution in [0, 0.1) is 11.6 Å². The van der Waals surface area contributed by atoms with Crippen LogP contribution in [0.2, 0.25) is 0 Å². The Labute approximate surface area is 111 Å². The van der Waals surface area contributed by atoms with Crippen molar-refractivity contribution in [3.63, 3.8) is 0 Å². The van der Waals surface area contributed by atoms with Gasteiger partial charge in [0.1, 0.15) is 17.7 Å². The van der Waals surface area contributed by atoms with Gasteiger partial charge in [-0.2, -0.15) is 0 Å². The largest absolute Gasteiger partial charge is 0.468 e. The maximum absolute atomic E-state index is 13.7. The van der Waals surface area contributed by atoms with Crippen LogP contribution in [0.4, 0.5) is 8.78 Å². The number of halogens is 2. The van der Waals surface area contributed by atoms with E-state index < -0.39 is 40.5 Å². The lowest BCUT2D eigenvalue weighted by Crippen LogP contribution is -2.50. The molecule has 0 spiro atoms. The van der Waals surface area contributed by atoms with E-state index in [4.69, 9.17) is 0 Å². The Morgan fingerprint density at radius 3 is 2.79 bits per heavy atom. The normalized spacial score (nSPS) is 27.0. The third kappa shape index (κ3) is 3.16. The molecule has 1 aliphatic heterocycles. The molecule has 1 aromatic rings. The molecule has 104 valence electrons. The summed E-state index contributed by atoms with van der Waals surface area (Å²) in [4.78, 5) is 11.5. The van der Waals surface area contributed by atoms with Crippen molar-refractivity contribution in [3.8, 4) is 0 Å². The number of carbonyl (C=O) groups is 1. The van der Waals surface area contributed by atoms with Crippen molar-refractivity contribution in [2.24, 2.45) is 0 Å². The Kier molecular flexibility index (Phi) is 4.26. The molecular formula is C12H13F2NO3S. The monoisotopic (exact) mass is 289 g/mol. The fourth-order valence-corrected chi connectivity index (χ4v) is 3.41. The van der Waals surface area contributed by atoms with Gasteiger partial charge in [-0.25, -0.2) is 8.78 Å². The Balaban J connectivity index is 2.24. The first-order valence-electron chi connectivity index (χ1n) is 5.65. The Morgan fingerprint density at radius 2 is 2.16 bits per heavy atom. The first-order valence-corrected chi connectivity index (χ1v) is 7.14. The van der Waals surface area contributed by atoms with Gasteiger partial charge in [-0.15, -0.1) is 0 Å². The number of nitrogens with one attached hydrogen (secondary N) is 1. The van der Waals surface area contributed by atoms with E-state index in [0.29, 0.717) is 0 Å². The van der Waals surface area contributed by atoms with Crippen molar-refractivity contribution in [2.45, 2.75) is 12.1 Å². The smallest absolute Gasteiger partial charge is 0.323 e. The summed E-state index contributed by atoms with van der Waals surface area (Å²) in [7, 11) is -0.0292. The topological polar surface area (TPSA) is 55.4 Å². The first-order chi connectivity index (χ1) is 9.01. The molecule has 1 fully saturated rings. The van der Waals surface area contributed by atoms with E-state index in [1.165, 1.54) is 13.2 Å². The molecule has 0 aliphatic carbocycles. The van der Waals surface area contributed by atoms with Crippen LogP contribution in [-0.4, -0.2) is 34.8 Å². The molecule has 1 aliphatic rings. The number of methoxy groups -OCH3 is 1. The summed E-state index contributed by atoms with van der Waals surface area (Å²) < 4.78 is 42.8.